The van der Waals surface area contributed by atoms with Crippen molar-refractivity contribution in [1.29, 1.82) is 0 Å². The maximum atomic E-state index is 5.37. The summed E-state index contributed by atoms with van der Waals surface area (Å²) < 4.78 is 4.60. The number of hydrogen-bond acceptors (Lipinski definition) is 5. The van der Waals surface area contributed by atoms with Crippen molar-refractivity contribution in [3.8, 4) is 79.4 Å². The van der Waals surface area contributed by atoms with Gasteiger partial charge in [-0.3, -0.25) is 4.57 Å². The molecule has 9 aromatic carbocycles. The quantitative estimate of drug-likeness (QED) is 0.152. The lowest BCUT2D eigenvalue weighted by Crippen LogP contribution is -2.06. The molecule has 0 fully saturated rings. The van der Waals surface area contributed by atoms with Crippen molar-refractivity contribution < 1.29 is 0 Å². The van der Waals surface area contributed by atoms with Crippen molar-refractivity contribution in [3.63, 3.8) is 0 Å². The molecule has 318 valence electrons. The van der Waals surface area contributed by atoms with Crippen molar-refractivity contribution in [3.05, 3.63) is 237 Å². The molecule has 0 unspecified atom stereocenters. The largest absolute Gasteiger partial charge is 0.309 e. The highest BCUT2D eigenvalue weighted by atomic mass is 15.2. The molecule has 0 amide bonds. The highest BCUT2D eigenvalue weighted by Crippen LogP contribution is 2.43. The highest BCUT2D eigenvalue weighted by Gasteiger charge is 2.23. The molecule has 7 heteroatoms. The van der Waals surface area contributed by atoms with E-state index in [2.05, 4.69) is 161 Å². The monoisotopic (exact) mass is 869 g/mol. The fourth-order valence-electron chi connectivity index (χ4n) is 9.66. The Bertz CT molecular complexity index is 3950. The fourth-order valence-corrected chi connectivity index (χ4v) is 9.66. The van der Waals surface area contributed by atoms with Crippen LogP contribution in [-0.2, 0) is 0 Å². The minimum Gasteiger partial charge on any atom is -0.309 e. The van der Waals surface area contributed by atoms with Gasteiger partial charge in [-0.2, -0.15) is 9.97 Å². The van der Waals surface area contributed by atoms with Crippen LogP contribution in [0.1, 0.15) is 0 Å². The van der Waals surface area contributed by atoms with Crippen LogP contribution in [0, 0.1) is 0 Å². The van der Waals surface area contributed by atoms with E-state index in [9.17, 15) is 0 Å². The lowest BCUT2D eigenvalue weighted by atomic mass is 10.0. The molecule has 0 saturated heterocycles. The summed E-state index contributed by atoms with van der Waals surface area (Å²) in [5.74, 6) is 2.32. The molecule has 0 saturated carbocycles. The molecule has 0 aliphatic carbocycles. The summed E-state index contributed by atoms with van der Waals surface area (Å²) in [6, 6.07) is 82.1. The molecule has 0 spiro atoms. The highest BCUT2D eigenvalue weighted by molar-refractivity contribution is 6.28. The van der Waals surface area contributed by atoms with Crippen LogP contribution < -0.4 is 0 Å². The first kappa shape index (κ1) is 39.1. The molecule has 0 atom stereocenters. The lowest BCUT2D eigenvalue weighted by Gasteiger charge is -2.12. The Labute approximate surface area is 392 Å². The van der Waals surface area contributed by atoms with E-state index >= 15 is 0 Å². The molecule has 0 aliphatic heterocycles. The first-order valence-corrected chi connectivity index (χ1v) is 22.8. The zero-order valence-corrected chi connectivity index (χ0v) is 36.6. The molecule has 0 N–H and O–H groups in total. The van der Waals surface area contributed by atoms with Crippen molar-refractivity contribution in [2.24, 2.45) is 0 Å². The number of aromatic nitrogens is 7. The zero-order chi connectivity index (χ0) is 45.0. The third-order valence-corrected chi connectivity index (χ3v) is 12.8. The van der Waals surface area contributed by atoms with Gasteiger partial charge in [0.1, 0.15) is 0 Å². The van der Waals surface area contributed by atoms with Gasteiger partial charge in [0, 0.05) is 55.0 Å². The van der Waals surface area contributed by atoms with Gasteiger partial charge in [-0.05, 0) is 59.7 Å². The standard InChI is InChI=1S/C61H39N7/c1-5-19-40(20-6-1)44-27-18-30-47(38-44)67-52-33-15-13-31-48(52)56-54(67)35-36-55-57(56)49-32-14-16-34-53(49)68(55)61-65-59(43-25-11-4-12-26-43)64-60(66-61)46-29-17-28-45(37-46)51-39-50(41-21-7-2-8-22-41)62-58(63-51)42-23-9-3-10-24-42/h1-39H. The third kappa shape index (κ3) is 6.72. The van der Waals surface area contributed by atoms with E-state index in [0.717, 1.165) is 77.7 Å². The Morgan fingerprint density at radius 1 is 0.250 bits per heavy atom. The van der Waals surface area contributed by atoms with Gasteiger partial charge in [0.25, 0.3) is 0 Å². The van der Waals surface area contributed by atoms with E-state index < -0.39 is 0 Å². The van der Waals surface area contributed by atoms with Crippen LogP contribution in [0.15, 0.2) is 237 Å². The number of rotatable bonds is 8. The molecule has 13 aromatic rings. The summed E-state index contributed by atoms with van der Waals surface area (Å²) in [4.78, 5) is 26.0. The molecular weight excluding hydrogens is 831 g/mol. The molecular formula is C61H39N7. The van der Waals surface area contributed by atoms with Crippen molar-refractivity contribution in [1.82, 2.24) is 34.1 Å². The van der Waals surface area contributed by atoms with Gasteiger partial charge in [0.05, 0.1) is 33.5 Å². The van der Waals surface area contributed by atoms with E-state index in [1.54, 1.807) is 0 Å². The maximum Gasteiger partial charge on any atom is 0.238 e. The second-order valence-electron chi connectivity index (χ2n) is 16.9. The van der Waals surface area contributed by atoms with Gasteiger partial charge in [0.2, 0.25) is 5.95 Å². The van der Waals surface area contributed by atoms with E-state index in [-0.39, 0.29) is 0 Å². The molecule has 13 rings (SSSR count). The summed E-state index contributed by atoms with van der Waals surface area (Å²) in [5, 5.41) is 4.61. The van der Waals surface area contributed by atoms with Crippen LogP contribution in [0.2, 0.25) is 0 Å². The van der Waals surface area contributed by atoms with Crippen molar-refractivity contribution >= 4 is 43.6 Å². The van der Waals surface area contributed by atoms with Crippen LogP contribution in [0.3, 0.4) is 0 Å². The Morgan fingerprint density at radius 2 is 0.691 bits per heavy atom. The summed E-state index contributed by atoms with van der Waals surface area (Å²) in [6.07, 6.45) is 0. The average Bonchev–Trinajstić information content (AvgIpc) is 3.95. The second-order valence-corrected chi connectivity index (χ2v) is 16.9. The summed E-state index contributed by atoms with van der Waals surface area (Å²) in [5.41, 5.74) is 14.0. The number of benzene rings is 9. The molecule has 68 heavy (non-hydrogen) atoms. The molecule has 7 nitrogen and oxygen atoms in total. The SMILES string of the molecule is c1ccc(-c2cccc(-n3c4ccccc4c4c5c6ccccc6n(-c6nc(-c7ccccc7)nc(-c7cccc(-c8cc(-c9ccccc9)nc(-c9ccccc9)n8)c7)n6)c5ccc43)c2)cc1. The Kier molecular flexibility index (Phi) is 9.35. The summed E-state index contributed by atoms with van der Waals surface area (Å²) >= 11 is 0. The van der Waals surface area contributed by atoms with Crippen molar-refractivity contribution in [2.45, 2.75) is 0 Å². The van der Waals surface area contributed by atoms with Gasteiger partial charge < -0.3 is 4.57 Å². The Hall–Kier alpha value is -9.33. The zero-order valence-electron chi connectivity index (χ0n) is 36.6. The smallest absolute Gasteiger partial charge is 0.238 e. The predicted octanol–water partition coefficient (Wildman–Crippen LogP) is 14.9. The number of para-hydroxylation sites is 2. The van der Waals surface area contributed by atoms with E-state index in [1.165, 1.54) is 21.9 Å². The van der Waals surface area contributed by atoms with E-state index in [0.29, 0.717) is 23.4 Å². The Balaban J connectivity index is 1.01. The van der Waals surface area contributed by atoms with Gasteiger partial charge in [0.15, 0.2) is 17.5 Å². The van der Waals surface area contributed by atoms with Crippen LogP contribution in [-0.4, -0.2) is 34.1 Å². The first-order valence-electron chi connectivity index (χ1n) is 22.8. The predicted molar refractivity (Wildman–Crippen MR) is 277 cm³/mol. The van der Waals surface area contributed by atoms with Gasteiger partial charge in [-0.1, -0.05) is 188 Å². The Morgan fingerprint density at radius 3 is 1.32 bits per heavy atom. The van der Waals surface area contributed by atoms with Crippen molar-refractivity contribution in [2.75, 3.05) is 0 Å². The number of hydrogen-bond donors (Lipinski definition) is 0. The number of fused-ring (bicyclic) bond motifs is 7. The molecule has 0 bridgehead atoms. The summed E-state index contributed by atoms with van der Waals surface area (Å²) in [6.45, 7) is 0. The van der Waals surface area contributed by atoms with Gasteiger partial charge >= 0.3 is 0 Å². The summed E-state index contributed by atoms with van der Waals surface area (Å²) in [7, 11) is 0. The third-order valence-electron chi connectivity index (χ3n) is 12.8. The van der Waals surface area contributed by atoms with E-state index in [4.69, 9.17) is 24.9 Å². The maximum absolute atomic E-state index is 5.37. The first-order chi connectivity index (χ1) is 33.7. The van der Waals surface area contributed by atoms with Gasteiger partial charge in [-0.15, -0.1) is 0 Å². The molecule has 0 aliphatic rings. The number of nitrogens with zero attached hydrogens (tertiary/aromatic N) is 7. The second kappa shape index (κ2) is 16.3. The lowest BCUT2D eigenvalue weighted by molar-refractivity contribution is 0.953. The molecule has 4 aromatic heterocycles. The van der Waals surface area contributed by atoms with E-state index in [1.807, 2.05) is 84.9 Å². The minimum atomic E-state index is 0.531. The molecule has 4 heterocycles. The fraction of sp³-hybridized carbons (Fsp3) is 0. The van der Waals surface area contributed by atoms with Gasteiger partial charge in [-0.25, -0.2) is 15.0 Å². The van der Waals surface area contributed by atoms with Crippen LogP contribution in [0.25, 0.3) is 123 Å². The van der Waals surface area contributed by atoms with Crippen LogP contribution in [0.5, 0.6) is 0 Å². The average molecular weight is 870 g/mol. The van der Waals surface area contributed by atoms with Crippen LogP contribution in [0.4, 0.5) is 0 Å². The normalized spacial score (nSPS) is 11.5. The van der Waals surface area contributed by atoms with Crippen LogP contribution >= 0.6 is 0 Å². The minimum absolute atomic E-state index is 0.531. The topological polar surface area (TPSA) is 74.3 Å². The molecule has 0 radical (unpaired) electrons.